The summed E-state index contributed by atoms with van der Waals surface area (Å²) in [4.78, 5) is 2.34. The van der Waals surface area contributed by atoms with Crippen molar-refractivity contribution in [2.45, 2.75) is 32.7 Å². The van der Waals surface area contributed by atoms with Gasteiger partial charge in [-0.1, -0.05) is 12.1 Å². The second kappa shape index (κ2) is 7.39. The van der Waals surface area contributed by atoms with Gasteiger partial charge in [0, 0.05) is 12.6 Å². The molecule has 0 spiro atoms. The number of nitrogens with two attached hydrogens (primary N) is 1. The maximum absolute atomic E-state index is 5.76. The molecule has 0 aliphatic carbocycles. The van der Waals surface area contributed by atoms with Crippen LogP contribution in [0.3, 0.4) is 0 Å². The molecule has 1 rings (SSSR count). The molecule has 3 nitrogen and oxygen atoms in total. The molecule has 1 atom stereocenters. The van der Waals surface area contributed by atoms with Crippen molar-refractivity contribution in [3.8, 4) is 5.75 Å². The van der Waals surface area contributed by atoms with Crippen LogP contribution in [0.4, 0.5) is 0 Å². The molecule has 2 N–H and O–H groups in total. The van der Waals surface area contributed by atoms with E-state index in [1.807, 2.05) is 6.07 Å². The van der Waals surface area contributed by atoms with Crippen LogP contribution in [-0.4, -0.2) is 38.2 Å². The van der Waals surface area contributed by atoms with E-state index in [0.29, 0.717) is 0 Å². The van der Waals surface area contributed by atoms with Gasteiger partial charge in [-0.05, 0) is 57.5 Å². The minimum absolute atomic E-state index is 0.288. The molecule has 3 heteroatoms. The van der Waals surface area contributed by atoms with Crippen LogP contribution < -0.4 is 10.5 Å². The van der Waals surface area contributed by atoms with Crippen molar-refractivity contribution >= 4 is 0 Å². The van der Waals surface area contributed by atoms with E-state index >= 15 is 0 Å². The lowest BCUT2D eigenvalue weighted by atomic mass is 10.1. The predicted octanol–water partition coefficient (Wildman–Crippen LogP) is 2.22. The highest BCUT2D eigenvalue weighted by Gasteiger charge is 2.03. The highest BCUT2D eigenvalue weighted by atomic mass is 16.5. The summed E-state index contributed by atoms with van der Waals surface area (Å²) in [7, 11) is 3.86. The molecule has 0 aliphatic heterocycles. The Morgan fingerprint density at radius 2 is 2.06 bits per heavy atom. The Balaban J connectivity index is 2.41. The fraction of sp³-hybridized carbons (Fsp3) is 0.600. The van der Waals surface area contributed by atoms with Gasteiger partial charge in [-0.25, -0.2) is 0 Å². The largest absolute Gasteiger partial charge is 0.496 e. The summed E-state index contributed by atoms with van der Waals surface area (Å²) < 4.78 is 5.27. The first-order chi connectivity index (χ1) is 8.52. The normalized spacial score (nSPS) is 12.8. The fourth-order valence-corrected chi connectivity index (χ4v) is 1.95. The first kappa shape index (κ1) is 15.0. The molecule has 0 aliphatic rings. The minimum Gasteiger partial charge on any atom is -0.496 e. The van der Waals surface area contributed by atoms with Crippen LogP contribution in [0.2, 0.25) is 0 Å². The number of hydrogen-bond donors (Lipinski definition) is 1. The summed E-state index contributed by atoms with van der Waals surface area (Å²) in [5.74, 6) is 0.962. The zero-order chi connectivity index (χ0) is 13.5. The average molecular weight is 250 g/mol. The number of nitrogens with zero attached hydrogens (tertiary/aromatic N) is 1. The zero-order valence-electron chi connectivity index (χ0n) is 12.1. The van der Waals surface area contributed by atoms with E-state index in [4.69, 9.17) is 10.5 Å². The molecular formula is C15H26N2O. The zero-order valence-corrected chi connectivity index (χ0v) is 12.1. The topological polar surface area (TPSA) is 38.5 Å². The molecule has 0 amide bonds. The molecule has 0 saturated carbocycles. The number of benzene rings is 1. The van der Waals surface area contributed by atoms with Crippen molar-refractivity contribution in [2.24, 2.45) is 5.73 Å². The van der Waals surface area contributed by atoms with Crippen LogP contribution in [0.1, 0.15) is 24.5 Å². The Morgan fingerprint density at radius 1 is 1.33 bits per heavy atom. The van der Waals surface area contributed by atoms with Crippen molar-refractivity contribution in [1.82, 2.24) is 4.90 Å². The maximum atomic E-state index is 5.76. The van der Waals surface area contributed by atoms with E-state index in [0.717, 1.165) is 31.7 Å². The van der Waals surface area contributed by atoms with Crippen molar-refractivity contribution in [3.05, 3.63) is 29.3 Å². The molecule has 18 heavy (non-hydrogen) atoms. The Hall–Kier alpha value is -1.06. The van der Waals surface area contributed by atoms with E-state index in [9.17, 15) is 0 Å². The van der Waals surface area contributed by atoms with Crippen LogP contribution in [0.25, 0.3) is 0 Å². The first-order valence-corrected chi connectivity index (χ1v) is 6.60. The van der Waals surface area contributed by atoms with Gasteiger partial charge in [0.05, 0.1) is 7.11 Å². The van der Waals surface area contributed by atoms with Gasteiger partial charge in [-0.2, -0.15) is 0 Å². The third-order valence-corrected chi connectivity index (χ3v) is 3.21. The number of hydrogen-bond acceptors (Lipinski definition) is 3. The molecule has 0 fully saturated rings. The number of rotatable bonds is 7. The van der Waals surface area contributed by atoms with Crippen molar-refractivity contribution in [1.29, 1.82) is 0 Å². The highest BCUT2D eigenvalue weighted by Crippen LogP contribution is 2.18. The standard InChI is InChI=1S/C15H26N2O/c1-12-11-14(5-6-15(12)18-4)8-10-17(3)9-7-13(2)16/h5-6,11,13H,7-10,16H2,1-4H3. The van der Waals surface area contributed by atoms with Crippen LogP contribution in [-0.2, 0) is 6.42 Å². The molecule has 0 bridgehead atoms. The molecular weight excluding hydrogens is 224 g/mol. The lowest BCUT2D eigenvalue weighted by Gasteiger charge is -2.18. The van der Waals surface area contributed by atoms with Crippen molar-refractivity contribution < 1.29 is 4.74 Å². The second-order valence-electron chi connectivity index (χ2n) is 5.12. The Morgan fingerprint density at radius 3 is 2.61 bits per heavy atom. The quantitative estimate of drug-likeness (QED) is 0.806. The van der Waals surface area contributed by atoms with E-state index in [1.54, 1.807) is 7.11 Å². The van der Waals surface area contributed by atoms with Crippen LogP contribution in [0.15, 0.2) is 18.2 Å². The van der Waals surface area contributed by atoms with E-state index in [2.05, 4.69) is 37.9 Å². The Labute approximate surface area is 111 Å². The third-order valence-electron chi connectivity index (χ3n) is 3.21. The highest BCUT2D eigenvalue weighted by molar-refractivity contribution is 5.36. The second-order valence-corrected chi connectivity index (χ2v) is 5.12. The van der Waals surface area contributed by atoms with Crippen LogP contribution in [0.5, 0.6) is 5.75 Å². The number of likely N-dealkylation sites (N-methyl/N-ethyl adjacent to an activating group) is 1. The van der Waals surface area contributed by atoms with Crippen molar-refractivity contribution in [2.75, 3.05) is 27.2 Å². The van der Waals surface area contributed by atoms with Gasteiger partial charge in [0.25, 0.3) is 0 Å². The lowest BCUT2D eigenvalue weighted by molar-refractivity contribution is 0.324. The summed E-state index contributed by atoms with van der Waals surface area (Å²) in [6, 6.07) is 6.69. The number of ether oxygens (including phenoxy) is 1. The summed E-state index contributed by atoms with van der Waals surface area (Å²) in [6.45, 7) is 6.27. The molecule has 0 aromatic heterocycles. The summed E-state index contributed by atoms with van der Waals surface area (Å²) >= 11 is 0. The molecule has 0 heterocycles. The molecule has 0 saturated heterocycles. The first-order valence-electron chi connectivity index (χ1n) is 6.60. The molecule has 1 unspecified atom stereocenters. The molecule has 1 aromatic carbocycles. The van der Waals surface area contributed by atoms with Gasteiger partial charge in [0.15, 0.2) is 0 Å². The van der Waals surface area contributed by atoms with Crippen molar-refractivity contribution in [3.63, 3.8) is 0 Å². The molecule has 1 aromatic rings. The maximum Gasteiger partial charge on any atom is 0.121 e. The average Bonchev–Trinajstić information content (AvgIpc) is 2.34. The smallest absolute Gasteiger partial charge is 0.121 e. The molecule has 102 valence electrons. The van der Waals surface area contributed by atoms with Crippen LogP contribution in [0, 0.1) is 6.92 Å². The monoisotopic (exact) mass is 250 g/mol. The minimum atomic E-state index is 0.288. The molecule has 0 radical (unpaired) electrons. The van der Waals surface area contributed by atoms with E-state index < -0.39 is 0 Å². The van der Waals surface area contributed by atoms with Gasteiger partial charge in [-0.3, -0.25) is 0 Å². The SMILES string of the molecule is COc1ccc(CCN(C)CCC(C)N)cc1C. The van der Waals surface area contributed by atoms with Gasteiger partial charge in [-0.15, -0.1) is 0 Å². The Bertz CT molecular complexity index is 364. The fourth-order valence-electron chi connectivity index (χ4n) is 1.95. The number of methoxy groups -OCH3 is 1. The summed E-state index contributed by atoms with van der Waals surface area (Å²) in [6.07, 6.45) is 2.12. The van der Waals surface area contributed by atoms with Gasteiger partial charge in [0.2, 0.25) is 0 Å². The van der Waals surface area contributed by atoms with Gasteiger partial charge in [0.1, 0.15) is 5.75 Å². The van der Waals surface area contributed by atoms with E-state index in [1.165, 1.54) is 11.1 Å². The third kappa shape index (κ3) is 5.07. The van der Waals surface area contributed by atoms with Gasteiger partial charge < -0.3 is 15.4 Å². The summed E-state index contributed by atoms with van der Waals surface area (Å²) in [5.41, 5.74) is 8.32. The lowest BCUT2D eigenvalue weighted by Crippen LogP contribution is -2.27. The van der Waals surface area contributed by atoms with E-state index in [-0.39, 0.29) is 6.04 Å². The number of aryl methyl sites for hydroxylation is 1. The Kier molecular flexibility index (Phi) is 6.16. The van der Waals surface area contributed by atoms with Crippen LogP contribution >= 0.6 is 0 Å². The summed E-state index contributed by atoms with van der Waals surface area (Å²) in [5, 5.41) is 0. The predicted molar refractivity (Wildman–Crippen MR) is 77.2 cm³/mol. The van der Waals surface area contributed by atoms with Gasteiger partial charge >= 0.3 is 0 Å².